The van der Waals surface area contributed by atoms with Gasteiger partial charge in [0.15, 0.2) is 0 Å². The molecule has 1 aromatic rings. The van der Waals surface area contributed by atoms with Gasteiger partial charge in [0.05, 0.1) is 12.5 Å². The molecule has 3 nitrogen and oxygen atoms in total. The van der Waals surface area contributed by atoms with Crippen molar-refractivity contribution in [3.05, 3.63) is 34.3 Å². The molecule has 1 unspecified atom stereocenters. The third kappa shape index (κ3) is 4.10. The molecule has 4 heteroatoms. The van der Waals surface area contributed by atoms with Crippen LogP contribution in [0.25, 0.3) is 0 Å². The molecule has 1 aromatic carbocycles. The van der Waals surface area contributed by atoms with Crippen LogP contribution in [0.1, 0.15) is 19.4 Å². The van der Waals surface area contributed by atoms with Crippen LogP contribution in [0.3, 0.4) is 0 Å². The van der Waals surface area contributed by atoms with Gasteiger partial charge in [-0.3, -0.25) is 4.79 Å². The lowest BCUT2D eigenvalue weighted by molar-refractivity contribution is -0.137. The molecule has 0 fully saturated rings. The normalized spacial score (nSPS) is 12.6. The largest absolute Gasteiger partial charge is 0.396 e. The summed E-state index contributed by atoms with van der Waals surface area (Å²) in [6, 6.07) is 7.88. The number of rotatable bonds is 5. The summed E-state index contributed by atoms with van der Waals surface area (Å²) in [7, 11) is 1.77. The van der Waals surface area contributed by atoms with Gasteiger partial charge >= 0.3 is 0 Å². The van der Waals surface area contributed by atoms with E-state index in [2.05, 4.69) is 15.9 Å². The van der Waals surface area contributed by atoms with Crippen molar-refractivity contribution < 1.29 is 9.90 Å². The van der Waals surface area contributed by atoms with Crippen LogP contribution in [-0.4, -0.2) is 29.6 Å². The van der Waals surface area contributed by atoms with Gasteiger partial charge in [0.2, 0.25) is 5.91 Å². The second-order valence-electron chi connectivity index (χ2n) is 4.86. The molecule has 18 heavy (non-hydrogen) atoms. The van der Waals surface area contributed by atoms with Crippen LogP contribution < -0.4 is 0 Å². The Balaban J connectivity index is 2.70. The van der Waals surface area contributed by atoms with Gasteiger partial charge in [0, 0.05) is 18.1 Å². The monoisotopic (exact) mass is 313 g/mol. The molecular weight excluding hydrogens is 294 g/mol. The van der Waals surface area contributed by atoms with E-state index in [0.717, 1.165) is 10.0 Å². The van der Waals surface area contributed by atoms with Crippen molar-refractivity contribution in [3.63, 3.8) is 0 Å². The van der Waals surface area contributed by atoms with Crippen molar-refractivity contribution in [2.45, 2.75) is 20.4 Å². The van der Waals surface area contributed by atoms with Crippen molar-refractivity contribution in [1.29, 1.82) is 0 Å². The predicted molar refractivity (Wildman–Crippen MR) is 76.0 cm³/mol. The number of carbonyl (C=O) groups excluding carboxylic acids is 1. The second-order valence-corrected chi connectivity index (χ2v) is 5.77. The first-order valence-electron chi connectivity index (χ1n) is 6.06. The summed E-state index contributed by atoms with van der Waals surface area (Å²) in [5, 5.41) is 9.27. The second kappa shape index (κ2) is 6.90. The smallest absolute Gasteiger partial charge is 0.228 e. The maximum Gasteiger partial charge on any atom is 0.228 e. The third-order valence-corrected chi connectivity index (χ3v) is 3.50. The van der Waals surface area contributed by atoms with Crippen LogP contribution in [0.15, 0.2) is 28.7 Å². The van der Waals surface area contributed by atoms with E-state index in [1.54, 1.807) is 11.9 Å². The van der Waals surface area contributed by atoms with Crippen LogP contribution in [0.4, 0.5) is 0 Å². The fourth-order valence-electron chi connectivity index (χ4n) is 1.84. The van der Waals surface area contributed by atoms with Crippen LogP contribution in [-0.2, 0) is 11.3 Å². The number of halogens is 1. The van der Waals surface area contributed by atoms with E-state index in [9.17, 15) is 9.90 Å². The van der Waals surface area contributed by atoms with Crippen molar-refractivity contribution in [3.8, 4) is 0 Å². The number of hydrogen-bond donors (Lipinski definition) is 1. The van der Waals surface area contributed by atoms with Crippen molar-refractivity contribution in [2.75, 3.05) is 13.7 Å². The van der Waals surface area contributed by atoms with Crippen LogP contribution in [0.2, 0.25) is 0 Å². The molecule has 0 saturated heterocycles. The summed E-state index contributed by atoms with van der Waals surface area (Å²) >= 11 is 3.41. The molecule has 1 N–H and O–H groups in total. The highest BCUT2D eigenvalue weighted by atomic mass is 79.9. The number of aliphatic hydroxyl groups is 1. The summed E-state index contributed by atoms with van der Waals surface area (Å²) in [4.78, 5) is 13.8. The van der Waals surface area contributed by atoms with E-state index in [4.69, 9.17) is 0 Å². The fourth-order valence-corrected chi connectivity index (χ4v) is 2.29. The Labute approximate surface area is 117 Å². The van der Waals surface area contributed by atoms with Gasteiger partial charge < -0.3 is 10.0 Å². The Kier molecular flexibility index (Phi) is 5.82. The highest BCUT2D eigenvalue weighted by Gasteiger charge is 2.24. The average molecular weight is 314 g/mol. The highest BCUT2D eigenvalue weighted by molar-refractivity contribution is 9.10. The molecule has 1 atom stereocenters. The minimum atomic E-state index is -0.317. The summed E-state index contributed by atoms with van der Waals surface area (Å²) in [5.74, 6) is -0.179. The molecule has 1 rings (SSSR count). The molecule has 0 heterocycles. The number of aliphatic hydroxyl groups excluding tert-OH is 1. The lowest BCUT2D eigenvalue weighted by Crippen LogP contribution is -2.36. The van der Waals surface area contributed by atoms with E-state index < -0.39 is 0 Å². The zero-order valence-electron chi connectivity index (χ0n) is 11.1. The lowest BCUT2D eigenvalue weighted by Gasteiger charge is -2.25. The van der Waals surface area contributed by atoms with E-state index in [-0.39, 0.29) is 24.3 Å². The minimum Gasteiger partial charge on any atom is -0.396 e. The van der Waals surface area contributed by atoms with Crippen molar-refractivity contribution in [2.24, 2.45) is 11.8 Å². The van der Waals surface area contributed by atoms with Gasteiger partial charge in [-0.2, -0.15) is 0 Å². The first-order valence-corrected chi connectivity index (χ1v) is 6.85. The standard InChI is InChI=1S/C14H20BrNO2/c1-10(2)13(9-17)14(18)16(3)8-11-5-4-6-12(15)7-11/h4-7,10,13,17H,8-9H2,1-3H3. The maximum absolute atomic E-state index is 12.2. The molecule has 0 aliphatic rings. The maximum atomic E-state index is 12.2. The van der Waals surface area contributed by atoms with Gasteiger partial charge in [-0.15, -0.1) is 0 Å². The molecule has 100 valence electrons. The molecule has 0 spiro atoms. The predicted octanol–water partition coefficient (Wildman–Crippen LogP) is 2.67. The van der Waals surface area contributed by atoms with E-state index in [1.165, 1.54) is 0 Å². The molecular formula is C14H20BrNO2. The quantitative estimate of drug-likeness (QED) is 0.908. The molecule has 0 aliphatic heterocycles. The van der Waals surface area contributed by atoms with E-state index >= 15 is 0 Å². The van der Waals surface area contributed by atoms with E-state index in [0.29, 0.717) is 6.54 Å². The topological polar surface area (TPSA) is 40.5 Å². The average Bonchev–Trinajstić information content (AvgIpc) is 2.29. The van der Waals surface area contributed by atoms with Gasteiger partial charge in [-0.25, -0.2) is 0 Å². The Morgan fingerprint density at radius 2 is 2.11 bits per heavy atom. The van der Waals surface area contributed by atoms with E-state index in [1.807, 2.05) is 38.1 Å². The van der Waals surface area contributed by atoms with Gasteiger partial charge in [0.1, 0.15) is 0 Å². The fraction of sp³-hybridized carbons (Fsp3) is 0.500. The first kappa shape index (κ1) is 15.2. The number of benzene rings is 1. The Hall–Kier alpha value is -0.870. The Bertz CT molecular complexity index is 407. The molecule has 0 aromatic heterocycles. The first-order chi connectivity index (χ1) is 8.45. The highest BCUT2D eigenvalue weighted by Crippen LogP contribution is 2.16. The SMILES string of the molecule is CC(C)C(CO)C(=O)N(C)Cc1cccc(Br)c1. The molecule has 0 radical (unpaired) electrons. The van der Waals surface area contributed by atoms with Gasteiger partial charge in [0.25, 0.3) is 0 Å². The number of amides is 1. The molecule has 1 amide bonds. The number of nitrogens with zero attached hydrogens (tertiary/aromatic N) is 1. The van der Waals surface area contributed by atoms with Crippen LogP contribution in [0, 0.1) is 11.8 Å². The zero-order chi connectivity index (χ0) is 13.7. The summed E-state index contributed by atoms with van der Waals surface area (Å²) in [5.41, 5.74) is 1.07. The Morgan fingerprint density at radius 1 is 1.44 bits per heavy atom. The minimum absolute atomic E-state index is 0.00697. The summed E-state index contributed by atoms with van der Waals surface area (Å²) in [6.07, 6.45) is 0. The lowest BCUT2D eigenvalue weighted by atomic mass is 9.95. The third-order valence-electron chi connectivity index (χ3n) is 3.00. The van der Waals surface area contributed by atoms with Gasteiger partial charge in [-0.05, 0) is 23.6 Å². The van der Waals surface area contributed by atoms with Gasteiger partial charge in [-0.1, -0.05) is 41.9 Å². The zero-order valence-corrected chi connectivity index (χ0v) is 12.6. The van der Waals surface area contributed by atoms with Crippen LogP contribution >= 0.6 is 15.9 Å². The Morgan fingerprint density at radius 3 is 2.61 bits per heavy atom. The summed E-state index contributed by atoms with van der Waals surface area (Å²) in [6.45, 7) is 4.36. The molecule has 0 bridgehead atoms. The van der Waals surface area contributed by atoms with Crippen molar-refractivity contribution in [1.82, 2.24) is 4.90 Å². The summed E-state index contributed by atoms with van der Waals surface area (Å²) < 4.78 is 1.00. The van der Waals surface area contributed by atoms with Crippen molar-refractivity contribution >= 4 is 21.8 Å². The molecule has 0 aliphatic carbocycles. The number of hydrogen-bond acceptors (Lipinski definition) is 2. The molecule has 0 saturated carbocycles. The number of carbonyl (C=O) groups is 1. The van der Waals surface area contributed by atoms with Crippen LogP contribution in [0.5, 0.6) is 0 Å².